The van der Waals surface area contributed by atoms with Crippen LogP contribution in [0.5, 0.6) is 0 Å². The molecule has 1 N–H and O–H groups in total. The summed E-state index contributed by atoms with van der Waals surface area (Å²) in [7, 11) is 0. The molecule has 144 valence electrons. The predicted octanol–water partition coefficient (Wildman–Crippen LogP) is 4.34. The van der Waals surface area contributed by atoms with Crippen molar-refractivity contribution in [2.45, 2.75) is 52.0 Å². The zero-order chi connectivity index (χ0) is 19.5. The van der Waals surface area contributed by atoms with E-state index in [1.165, 1.54) is 24.0 Å². The maximum atomic E-state index is 12.4. The first-order valence-corrected chi connectivity index (χ1v) is 9.89. The van der Waals surface area contributed by atoms with Gasteiger partial charge >= 0.3 is 0 Å². The van der Waals surface area contributed by atoms with Crippen LogP contribution in [0.25, 0.3) is 11.4 Å². The zero-order valence-corrected chi connectivity index (χ0v) is 16.4. The first-order valence-electron chi connectivity index (χ1n) is 9.89. The summed E-state index contributed by atoms with van der Waals surface area (Å²) < 4.78 is 5.31. The van der Waals surface area contributed by atoms with Gasteiger partial charge in [0.2, 0.25) is 17.6 Å². The first-order chi connectivity index (χ1) is 13.6. The lowest BCUT2D eigenvalue weighted by atomic mass is 10.0. The Balaban J connectivity index is 1.32. The molecule has 0 aliphatic heterocycles. The van der Waals surface area contributed by atoms with E-state index in [4.69, 9.17) is 4.52 Å². The van der Waals surface area contributed by atoms with Crippen LogP contribution >= 0.6 is 0 Å². The van der Waals surface area contributed by atoms with Gasteiger partial charge in [-0.05, 0) is 55.9 Å². The van der Waals surface area contributed by atoms with E-state index in [1.54, 1.807) is 0 Å². The average Bonchev–Trinajstić information content (AvgIpc) is 3.35. The number of aromatic nitrogens is 2. The molecule has 0 spiro atoms. The van der Waals surface area contributed by atoms with E-state index in [1.807, 2.05) is 38.1 Å². The fourth-order valence-electron chi connectivity index (χ4n) is 3.74. The molecular weight excluding hydrogens is 350 g/mol. The number of carbonyl (C=O) groups is 1. The number of nitrogens with zero attached hydrogens (tertiary/aromatic N) is 2. The van der Waals surface area contributed by atoms with Gasteiger partial charge in [-0.3, -0.25) is 4.79 Å². The van der Waals surface area contributed by atoms with Crippen LogP contribution in [0.1, 0.15) is 54.0 Å². The van der Waals surface area contributed by atoms with Crippen molar-refractivity contribution in [3.8, 4) is 11.4 Å². The van der Waals surface area contributed by atoms with E-state index in [0.29, 0.717) is 24.6 Å². The Labute approximate surface area is 165 Å². The Kier molecular flexibility index (Phi) is 5.24. The molecule has 5 nitrogen and oxygen atoms in total. The summed E-state index contributed by atoms with van der Waals surface area (Å²) in [5.41, 5.74) is 6.10. The Bertz CT molecular complexity index is 993. The van der Waals surface area contributed by atoms with Crippen LogP contribution in [0.4, 0.5) is 0 Å². The number of carbonyl (C=O) groups excluding carboxylic acids is 1. The highest BCUT2D eigenvalue weighted by Gasteiger charge is 2.16. The number of aryl methyl sites for hydroxylation is 4. The fraction of sp³-hybridized carbons (Fsp3) is 0.348. The second-order valence-corrected chi connectivity index (χ2v) is 7.55. The van der Waals surface area contributed by atoms with Crippen molar-refractivity contribution in [1.82, 2.24) is 15.5 Å². The summed E-state index contributed by atoms with van der Waals surface area (Å²) in [6.07, 6.45) is 4.30. The molecule has 0 radical (unpaired) electrons. The van der Waals surface area contributed by atoms with Gasteiger partial charge in [0.25, 0.3) is 0 Å². The molecule has 5 heteroatoms. The highest BCUT2D eigenvalue weighted by Crippen LogP contribution is 2.25. The number of hydrogen-bond acceptors (Lipinski definition) is 4. The van der Waals surface area contributed by atoms with Crippen molar-refractivity contribution < 1.29 is 9.32 Å². The lowest BCUT2D eigenvalue weighted by Crippen LogP contribution is -2.26. The minimum absolute atomic E-state index is 0.0102. The van der Waals surface area contributed by atoms with Crippen molar-refractivity contribution in [1.29, 1.82) is 0 Å². The van der Waals surface area contributed by atoms with E-state index in [-0.39, 0.29) is 11.9 Å². The molecule has 1 aliphatic rings. The van der Waals surface area contributed by atoms with Gasteiger partial charge in [0, 0.05) is 18.4 Å². The molecule has 1 heterocycles. The van der Waals surface area contributed by atoms with Crippen LogP contribution in [-0.2, 0) is 24.1 Å². The number of fused-ring (bicyclic) bond motifs is 1. The van der Waals surface area contributed by atoms with Gasteiger partial charge in [-0.1, -0.05) is 47.1 Å². The Morgan fingerprint density at radius 2 is 2.04 bits per heavy atom. The van der Waals surface area contributed by atoms with Crippen LogP contribution in [0.3, 0.4) is 0 Å². The van der Waals surface area contributed by atoms with E-state index < -0.39 is 0 Å². The van der Waals surface area contributed by atoms with Crippen molar-refractivity contribution in [3.05, 3.63) is 70.6 Å². The summed E-state index contributed by atoms with van der Waals surface area (Å²) in [5, 5.41) is 7.10. The van der Waals surface area contributed by atoms with Crippen molar-refractivity contribution >= 4 is 5.91 Å². The third kappa shape index (κ3) is 4.14. The third-order valence-corrected chi connectivity index (χ3v) is 5.31. The predicted molar refractivity (Wildman–Crippen MR) is 108 cm³/mol. The minimum atomic E-state index is -0.0108. The van der Waals surface area contributed by atoms with Gasteiger partial charge in [-0.25, -0.2) is 0 Å². The lowest BCUT2D eigenvalue weighted by Gasteiger charge is -2.15. The summed E-state index contributed by atoms with van der Waals surface area (Å²) >= 11 is 0. The van der Waals surface area contributed by atoms with Gasteiger partial charge in [0.05, 0.1) is 6.04 Å². The topological polar surface area (TPSA) is 68.0 Å². The number of hydrogen-bond donors (Lipinski definition) is 1. The second kappa shape index (κ2) is 7.97. The van der Waals surface area contributed by atoms with Gasteiger partial charge in [0.15, 0.2) is 0 Å². The molecule has 0 bridgehead atoms. The van der Waals surface area contributed by atoms with E-state index in [9.17, 15) is 4.79 Å². The highest BCUT2D eigenvalue weighted by molar-refractivity contribution is 5.76. The normalized spacial score (nSPS) is 13.9. The van der Waals surface area contributed by atoms with E-state index in [2.05, 4.69) is 33.7 Å². The van der Waals surface area contributed by atoms with Crippen molar-refractivity contribution in [2.24, 2.45) is 0 Å². The van der Waals surface area contributed by atoms with Crippen LogP contribution in [0.15, 0.2) is 47.0 Å². The van der Waals surface area contributed by atoms with Gasteiger partial charge in [-0.2, -0.15) is 4.98 Å². The minimum Gasteiger partial charge on any atom is -0.350 e. The number of rotatable bonds is 6. The molecule has 1 aliphatic carbocycles. The van der Waals surface area contributed by atoms with Gasteiger partial charge in [0.1, 0.15) is 0 Å². The molecule has 2 aromatic carbocycles. The summed E-state index contributed by atoms with van der Waals surface area (Å²) in [6.45, 7) is 4.05. The third-order valence-electron chi connectivity index (χ3n) is 5.31. The molecule has 0 fully saturated rings. The standard InChI is InChI=1S/C23H25N3O2/c1-15-5-3-8-20(13-15)23-25-22(28-26-23)12-11-21(27)24-16(2)18-10-9-17-6-4-7-19(17)14-18/h3,5,8-10,13-14,16H,4,6-7,11-12H2,1-2H3,(H,24,27)/t16-/m1/s1. The van der Waals surface area contributed by atoms with Crippen LogP contribution in [0.2, 0.25) is 0 Å². The summed E-state index contributed by atoms with van der Waals surface area (Å²) in [4.78, 5) is 16.8. The van der Waals surface area contributed by atoms with Crippen molar-refractivity contribution in [2.75, 3.05) is 0 Å². The maximum absolute atomic E-state index is 12.4. The second-order valence-electron chi connectivity index (χ2n) is 7.55. The van der Waals surface area contributed by atoms with Crippen molar-refractivity contribution in [3.63, 3.8) is 0 Å². The molecule has 1 aromatic heterocycles. The molecule has 1 amide bonds. The molecular formula is C23H25N3O2. The quantitative estimate of drug-likeness (QED) is 0.696. The molecule has 1 atom stereocenters. The number of nitrogens with one attached hydrogen (secondary N) is 1. The number of benzene rings is 2. The Morgan fingerprint density at radius 3 is 2.89 bits per heavy atom. The van der Waals surface area contributed by atoms with E-state index >= 15 is 0 Å². The zero-order valence-electron chi connectivity index (χ0n) is 16.4. The SMILES string of the molecule is Cc1cccc(-c2noc(CCC(=O)N[C@H](C)c3ccc4c(c3)CCC4)n2)c1. The molecule has 0 saturated heterocycles. The Hall–Kier alpha value is -2.95. The monoisotopic (exact) mass is 375 g/mol. The van der Waals surface area contributed by atoms with Crippen LogP contribution in [0, 0.1) is 6.92 Å². The Morgan fingerprint density at radius 1 is 1.18 bits per heavy atom. The largest absolute Gasteiger partial charge is 0.350 e. The van der Waals surface area contributed by atoms with Crippen LogP contribution < -0.4 is 5.32 Å². The highest BCUT2D eigenvalue weighted by atomic mass is 16.5. The molecule has 3 aromatic rings. The first kappa shape index (κ1) is 18.4. The van der Waals surface area contributed by atoms with Gasteiger partial charge < -0.3 is 9.84 Å². The summed E-state index contributed by atoms with van der Waals surface area (Å²) in [5.74, 6) is 1.03. The molecule has 28 heavy (non-hydrogen) atoms. The lowest BCUT2D eigenvalue weighted by molar-refractivity contribution is -0.121. The smallest absolute Gasteiger partial charge is 0.227 e. The molecule has 4 rings (SSSR count). The fourth-order valence-corrected chi connectivity index (χ4v) is 3.74. The average molecular weight is 375 g/mol. The van der Waals surface area contributed by atoms with E-state index in [0.717, 1.165) is 23.1 Å². The molecule has 0 saturated carbocycles. The summed E-state index contributed by atoms with van der Waals surface area (Å²) in [6, 6.07) is 14.5. The van der Waals surface area contributed by atoms with Crippen LogP contribution in [-0.4, -0.2) is 16.0 Å². The maximum Gasteiger partial charge on any atom is 0.227 e. The number of amides is 1. The molecule has 0 unspecified atom stereocenters. The van der Waals surface area contributed by atoms with Gasteiger partial charge in [-0.15, -0.1) is 0 Å².